The summed E-state index contributed by atoms with van der Waals surface area (Å²) >= 11 is 3.22. The summed E-state index contributed by atoms with van der Waals surface area (Å²) in [6.45, 7) is 2.65. The van der Waals surface area contributed by atoms with E-state index in [1.165, 1.54) is 0 Å². The van der Waals surface area contributed by atoms with Crippen LogP contribution >= 0.6 is 15.9 Å². The standard InChI is InChI=1S/C11H13BrN4O5/c1-2-14(4-3-12)9-5-7(11(13)17)8(15(18)19)6-10(9)16(20)21/h5-6H,2-4H2,1H3,(H2,13,17). The molecule has 10 heteroatoms. The lowest BCUT2D eigenvalue weighted by molar-refractivity contribution is -0.393. The SMILES string of the molecule is CCN(CCBr)c1cc(C(N)=O)c([N+](=O)[O-])cc1[N+](=O)[O-]. The van der Waals surface area contributed by atoms with Crippen molar-refractivity contribution in [3.05, 3.63) is 37.9 Å². The lowest BCUT2D eigenvalue weighted by atomic mass is 10.1. The van der Waals surface area contributed by atoms with Gasteiger partial charge in [0.15, 0.2) is 0 Å². The molecule has 0 heterocycles. The van der Waals surface area contributed by atoms with Crippen LogP contribution in [0.4, 0.5) is 17.1 Å². The maximum absolute atomic E-state index is 11.3. The zero-order valence-corrected chi connectivity index (χ0v) is 12.7. The number of benzene rings is 1. The highest BCUT2D eigenvalue weighted by Gasteiger charge is 2.28. The molecule has 0 radical (unpaired) electrons. The summed E-state index contributed by atoms with van der Waals surface area (Å²) in [4.78, 5) is 33.5. The van der Waals surface area contributed by atoms with Gasteiger partial charge in [-0.1, -0.05) is 15.9 Å². The molecule has 0 aliphatic heterocycles. The highest BCUT2D eigenvalue weighted by molar-refractivity contribution is 9.09. The van der Waals surface area contributed by atoms with Crippen LogP contribution in [0.2, 0.25) is 0 Å². The number of primary amides is 1. The van der Waals surface area contributed by atoms with Gasteiger partial charge < -0.3 is 10.6 Å². The molecule has 1 aromatic carbocycles. The first-order valence-corrected chi connectivity index (χ1v) is 7.03. The van der Waals surface area contributed by atoms with E-state index >= 15 is 0 Å². The van der Waals surface area contributed by atoms with Crippen molar-refractivity contribution in [2.75, 3.05) is 23.3 Å². The van der Waals surface area contributed by atoms with Crippen molar-refractivity contribution >= 4 is 38.9 Å². The van der Waals surface area contributed by atoms with Crippen molar-refractivity contribution < 1.29 is 14.6 Å². The van der Waals surface area contributed by atoms with Gasteiger partial charge in [-0.3, -0.25) is 25.0 Å². The molecule has 1 rings (SSSR count). The van der Waals surface area contributed by atoms with E-state index in [0.717, 1.165) is 12.1 Å². The topological polar surface area (TPSA) is 133 Å². The maximum Gasteiger partial charge on any atom is 0.299 e. The van der Waals surface area contributed by atoms with E-state index in [4.69, 9.17) is 5.73 Å². The Morgan fingerprint density at radius 2 is 1.86 bits per heavy atom. The zero-order chi connectivity index (χ0) is 16.2. The molecule has 0 saturated carbocycles. The Morgan fingerprint density at radius 1 is 1.29 bits per heavy atom. The summed E-state index contributed by atoms with van der Waals surface area (Å²) in [7, 11) is 0. The third kappa shape index (κ3) is 3.66. The van der Waals surface area contributed by atoms with Crippen molar-refractivity contribution in [1.29, 1.82) is 0 Å². The normalized spacial score (nSPS) is 10.2. The van der Waals surface area contributed by atoms with Crippen LogP contribution in [0.15, 0.2) is 12.1 Å². The van der Waals surface area contributed by atoms with Crippen molar-refractivity contribution in [2.45, 2.75) is 6.92 Å². The average Bonchev–Trinajstić information content (AvgIpc) is 2.42. The van der Waals surface area contributed by atoms with Gasteiger partial charge in [-0.25, -0.2) is 0 Å². The quantitative estimate of drug-likeness (QED) is 0.447. The molecule has 2 N–H and O–H groups in total. The van der Waals surface area contributed by atoms with Crippen LogP contribution in [0.1, 0.15) is 17.3 Å². The Morgan fingerprint density at radius 3 is 2.24 bits per heavy atom. The van der Waals surface area contributed by atoms with Crippen LogP contribution in [-0.2, 0) is 0 Å². The second-order valence-electron chi connectivity index (χ2n) is 4.01. The minimum atomic E-state index is -1.01. The Kier molecular flexibility index (Phi) is 5.59. The van der Waals surface area contributed by atoms with Gasteiger partial charge in [0.2, 0.25) is 0 Å². The molecule has 0 atom stereocenters. The third-order valence-electron chi connectivity index (χ3n) is 2.83. The minimum absolute atomic E-state index is 0.126. The summed E-state index contributed by atoms with van der Waals surface area (Å²) in [6.07, 6.45) is 0. The molecule has 0 saturated heterocycles. The Labute approximate surface area is 128 Å². The number of nitrogens with two attached hydrogens (primary N) is 1. The highest BCUT2D eigenvalue weighted by atomic mass is 79.9. The summed E-state index contributed by atoms with van der Waals surface area (Å²) in [5, 5.41) is 22.6. The number of hydrogen-bond acceptors (Lipinski definition) is 6. The fraction of sp³-hybridized carbons (Fsp3) is 0.364. The molecule has 0 aromatic heterocycles. The summed E-state index contributed by atoms with van der Waals surface area (Å²) in [6, 6.07) is 1.87. The van der Waals surface area contributed by atoms with E-state index < -0.39 is 27.1 Å². The van der Waals surface area contributed by atoms with Gasteiger partial charge in [-0.05, 0) is 13.0 Å². The monoisotopic (exact) mass is 360 g/mol. The van der Waals surface area contributed by atoms with E-state index in [1.807, 2.05) is 0 Å². The van der Waals surface area contributed by atoms with E-state index in [9.17, 15) is 25.0 Å². The van der Waals surface area contributed by atoms with Crippen LogP contribution in [-0.4, -0.2) is 34.2 Å². The maximum atomic E-state index is 11.3. The van der Waals surface area contributed by atoms with Crippen molar-refractivity contribution in [3.63, 3.8) is 0 Å². The molecule has 1 amide bonds. The predicted molar refractivity (Wildman–Crippen MR) is 79.9 cm³/mol. The average molecular weight is 361 g/mol. The van der Waals surface area contributed by atoms with Gasteiger partial charge in [0.1, 0.15) is 11.3 Å². The van der Waals surface area contributed by atoms with Gasteiger partial charge >= 0.3 is 0 Å². The molecule has 0 bridgehead atoms. The van der Waals surface area contributed by atoms with Crippen molar-refractivity contribution in [2.24, 2.45) is 5.73 Å². The number of rotatable bonds is 7. The molecule has 0 aliphatic carbocycles. The molecule has 0 aliphatic rings. The molecule has 21 heavy (non-hydrogen) atoms. The number of carbonyl (C=O) groups excluding carboxylic acids is 1. The van der Waals surface area contributed by atoms with E-state index in [0.29, 0.717) is 18.4 Å². The van der Waals surface area contributed by atoms with Gasteiger partial charge in [-0.15, -0.1) is 0 Å². The number of anilines is 1. The van der Waals surface area contributed by atoms with E-state index in [1.54, 1.807) is 11.8 Å². The molecule has 0 spiro atoms. The number of nitro benzene ring substituents is 2. The predicted octanol–water partition coefficient (Wildman–Crippen LogP) is 1.82. The lowest BCUT2D eigenvalue weighted by Crippen LogP contribution is -2.26. The fourth-order valence-electron chi connectivity index (χ4n) is 1.86. The van der Waals surface area contributed by atoms with Crippen LogP contribution in [0.25, 0.3) is 0 Å². The van der Waals surface area contributed by atoms with Gasteiger partial charge in [0, 0.05) is 18.4 Å². The minimum Gasteiger partial charge on any atom is -0.365 e. The Hall–Kier alpha value is -2.23. The van der Waals surface area contributed by atoms with Crippen molar-refractivity contribution in [1.82, 2.24) is 0 Å². The third-order valence-corrected chi connectivity index (χ3v) is 3.18. The van der Waals surface area contributed by atoms with Crippen LogP contribution in [0.5, 0.6) is 0 Å². The number of amides is 1. The first-order chi connectivity index (χ1) is 9.83. The highest BCUT2D eigenvalue weighted by Crippen LogP contribution is 2.35. The van der Waals surface area contributed by atoms with E-state index in [2.05, 4.69) is 15.9 Å². The largest absolute Gasteiger partial charge is 0.365 e. The van der Waals surface area contributed by atoms with Crippen LogP contribution in [0.3, 0.4) is 0 Å². The smallest absolute Gasteiger partial charge is 0.299 e. The van der Waals surface area contributed by atoms with E-state index in [-0.39, 0.29) is 11.3 Å². The number of nitro groups is 2. The summed E-state index contributed by atoms with van der Waals surface area (Å²) in [5.41, 5.74) is 3.79. The van der Waals surface area contributed by atoms with Crippen LogP contribution < -0.4 is 10.6 Å². The number of alkyl halides is 1. The molecule has 1 aromatic rings. The summed E-state index contributed by atoms with van der Waals surface area (Å²) in [5.74, 6) is -1.01. The first kappa shape index (κ1) is 16.8. The number of hydrogen-bond donors (Lipinski definition) is 1. The molecule has 0 unspecified atom stereocenters. The van der Waals surface area contributed by atoms with Crippen molar-refractivity contribution in [3.8, 4) is 0 Å². The molecular weight excluding hydrogens is 348 g/mol. The molecule has 0 fully saturated rings. The number of carbonyl (C=O) groups is 1. The number of halogens is 1. The Bertz CT molecular complexity index is 592. The second kappa shape index (κ2) is 6.97. The second-order valence-corrected chi connectivity index (χ2v) is 4.80. The fourth-order valence-corrected chi connectivity index (χ4v) is 2.29. The molecule has 114 valence electrons. The van der Waals surface area contributed by atoms with Crippen LogP contribution in [0, 0.1) is 20.2 Å². The van der Waals surface area contributed by atoms with Gasteiger partial charge in [0.25, 0.3) is 17.3 Å². The first-order valence-electron chi connectivity index (χ1n) is 5.91. The summed E-state index contributed by atoms with van der Waals surface area (Å²) < 4.78 is 0. The van der Waals surface area contributed by atoms with Gasteiger partial charge in [-0.2, -0.15) is 0 Å². The number of nitrogens with zero attached hydrogens (tertiary/aromatic N) is 3. The zero-order valence-electron chi connectivity index (χ0n) is 11.1. The lowest BCUT2D eigenvalue weighted by Gasteiger charge is -2.22. The van der Waals surface area contributed by atoms with Gasteiger partial charge in [0.05, 0.1) is 15.9 Å². The molecular formula is C11H13BrN4O5. The molecule has 9 nitrogen and oxygen atoms in total. The Balaban J connectivity index is 3.61.